The number of aromatic nitrogens is 1. The molecule has 1 aliphatic rings. The summed E-state index contributed by atoms with van der Waals surface area (Å²) >= 11 is 0. The van der Waals surface area contributed by atoms with Gasteiger partial charge in [-0.2, -0.15) is 0 Å². The largest absolute Gasteiger partial charge is 0.389 e. The van der Waals surface area contributed by atoms with Crippen LogP contribution in [0, 0.1) is 0 Å². The van der Waals surface area contributed by atoms with Crippen LogP contribution < -0.4 is 4.90 Å². The Morgan fingerprint density at radius 2 is 2.24 bits per heavy atom. The molecule has 0 spiro atoms. The number of pyridine rings is 1. The maximum absolute atomic E-state index is 9.83. The third-order valence-corrected chi connectivity index (χ3v) is 3.59. The molecule has 2 atom stereocenters. The van der Waals surface area contributed by atoms with Crippen LogP contribution in [0.15, 0.2) is 18.3 Å². The normalized spacial score (nSPS) is 23.2. The fourth-order valence-corrected chi connectivity index (χ4v) is 2.57. The van der Waals surface area contributed by atoms with Crippen LogP contribution in [0.25, 0.3) is 0 Å². The number of anilines is 1. The second-order valence-corrected chi connectivity index (χ2v) is 4.98. The number of hydrogen-bond acceptors (Lipinski definition) is 3. The molecule has 0 saturated carbocycles. The van der Waals surface area contributed by atoms with Gasteiger partial charge in [0.25, 0.3) is 0 Å². The standard InChI is InChI=1S/C14H22N2O/c1-11-7-4-3-5-10-16(11)14-13(12(2)17)8-6-9-15-14/h6,8-9,11-12,17H,3-5,7,10H2,1-2H3/t11?,12-/m0/s1. The van der Waals surface area contributed by atoms with E-state index in [9.17, 15) is 5.11 Å². The highest BCUT2D eigenvalue weighted by molar-refractivity contribution is 5.48. The molecule has 0 radical (unpaired) electrons. The summed E-state index contributed by atoms with van der Waals surface area (Å²) in [5, 5.41) is 9.83. The van der Waals surface area contributed by atoms with E-state index in [1.807, 2.05) is 25.3 Å². The summed E-state index contributed by atoms with van der Waals surface area (Å²) in [6.45, 7) is 5.12. The van der Waals surface area contributed by atoms with E-state index in [1.165, 1.54) is 25.7 Å². The van der Waals surface area contributed by atoms with E-state index in [0.29, 0.717) is 6.04 Å². The number of aliphatic hydroxyl groups is 1. The average molecular weight is 234 g/mol. The van der Waals surface area contributed by atoms with E-state index in [4.69, 9.17) is 0 Å². The zero-order chi connectivity index (χ0) is 12.3. The second kappa shape index (κ2) is 5.50. The summed E-state index contributed by atoms with van der Waals surface area (Å²) in [5.74, 6) is 0.969. The van der Waals surface area contributed by atoms with Gasteiger partial charge in [0.05, 0.1) is 6.10 Å². The smallest absolute Gasteiger partial charge is 0.134 e. The van der Waals surface area contributed by atoms with Crippen molar-refractivity contribution >= 4 is 5.82 Å². The van der Waals surface area contributed by atoms with E-state index in [0.717, 1.165) is 17.9 Å². The van der Waals surface area contributed by atoms with Crippen LogP contribution in [0.3, 0.4) is 0 Å². The molecule has 17 heavy (non-hydrogen) atoms. The quantitative estimate of drug-likeness (QED) is 0.854. The van der Waals surface area contributed by atoms with E-state index >= 15 is 0 Å². The lowest BCUT2D eigenvalue weighted by molar-refractivity contribution is 0.199. The molecule has 0 aliphatic carbocycles. The fraction of sp³-hybridized carbons (Fsp3) is 0.643. The van der Waals surface area contributed by atoms with Crippen LogP contribution >= 0.6 is 0 Å². The second-order valence-electron chi connectivity index (χ2n) is 4.98. The summed E-state index contributed by atoms with van der Waals surface area (Å²) < 4.78 is 0. The van der Waals surface area contributed by atoms with Gasteiger partial charge in [0.1, 0.15) is 5.82 Å². The van der Waals surface area contributed by atoms with Crippen LogP contribution in [0.1, 0.15) is 51.2 Å². The van der Waals surface area contributed by atoms with Gasteiger partial charge >= 0.3 is 0 Å². The van der Waals surface area contributed by atoms with Gasteiger partial charge in [0.2, 0.25) is 0 Å². The first kappa shape index (κ1) is 12.4. The SMILES string of the molecule is CC1CCCCCN1c1ncccc1[C@H](C)O. The number of hydrogen-bond donors (Lipinski definition) is 1. The Kier molecular flexibility index (Phi) is 4.00. The van der Waals surface area contributed by atoms with E-state index < -0.39 is 6.10 Å². The third-order valence-electron chi connectivity index (χ3n) is 3.59. The Morgan fingerprint density at radius 3 is 3.00 bits per heavy atom. The lowest BCUT2D eigenvalue weighted by Crippen LogP contribution is -2.34. The third kappa shape index (κ3) is 2.78. The first-order valence-electron chi connectivity index (χ1n) is 6.60. The predicted octanol–water partition coefficient (Wildman–Crippen LogP) is 2.90. The Bertz CT molecular complexity index is 365. The van der Waals surface area contributed by atoms with Gasteiger partial charge < -0.3 is 10.0 Å². The lowest BCUT2D eigenvalue weighted by atomic mass is 10.1. The lowest BCUT2D eigenvalue weighted by Gasteiger charge is -2.30. The van der Waals surface area contributed by atoms with Gasteiger partial charge in [0.15, 0.2) is 0 Å². The predicted molar refractivity (Wildman–Crippen MR) is 70.1 cm³/mol. The number of nitrogens with zero attached hydrogens (tertiary/aromatic N) is 2. The summed E-state index contributed by atoms with van der Waals surface area (Å²) in [6, 6.07) is 4.39. The van der Waals surface area contributed by atoms with Gasteiger partial charge in [-0.15, -0.1) is 0 Å². The summed E-state index contributed by atoms with van der Waals surface area (Å²) in [7, 11) is 0. The minimum absolute atomic E-state index is 0.450. The monoisotopic (exact) mass is 234 g/mol. The van der Waals surface area contributed by atoms with Gasteiger partial charge in [-0.1, -0.05) is 18.9 Å². The molecule has 1 unspecified atom stereocenters. The van der Waals surface area contributed by atoms with Crippen LogP contribution in [0.4, 0.5) is 5.82 Å². The molecule has 1 aliphatic heterocycles. The molecule has 2 heterocycles. The maximum Gasteiger partial charge on any atom is 0.134 e. The molecule has 1 fully saturated rings. The summed E-state index contributed by atoms with van der Waals surface area (Å²) in [5.41, 5.74) is 0.946. The zero-order valence-corrected chi connectivity index (χ0v) is 10.8. The Labute approximate surface area is 103 Å². The van der Waals surface area contributed by atoms with Crippen molar-refractivity contribution in [3.8, 4) is 0 Å². The number of aliphatic hydroxyl groups excluding tert-OH is 1. The average Bonchev–Trinajstić information content (AvgIpc) is 2.54. The first-order chi connectivity index (χ1) is 8.20. The van der Waals surface area contributed by atoms with E-state index in [-0.39, 0.29) is 0 Å². The summed E-state index contributed by atoms with van der Waals surface area (Å²) in [4.78, 5) is 6.84. The van der Waals surface area contributed by atoms with Crippen molar-refractivity contribution in [2.24, 2.45) is 0 Å². The highest BCUT2D eigenvalue weighted by Crippen LogP contribution is 2.28. The van der Waals surface area contributed by atoms with E-state index in [2.05, 4.69) is 16.8 Å². The van der Waals surface area contributed by atoms with Crippen LogP contribution in [-0.4, -0.2) is 22.7 Å². The van der Waals surface area contributed by atoms with Crippen molar-refractivity contribution in [3.05, 3.63) is 23.9 Å². The highest BCUT2D eigenvalue weighted by Gasteiger charge is 2.21. The molecule has 1 aromatic heterocycles. The fourth-order valence-electron chi connectivity index (χ4n) is 2.57. The molecule has 1 saturated heterocycles. The Hall–Kier alpha value is -1.09. The minimum atomic E-state index is -0.450. The van der Waals surface area contributed by atoms with E-state index in [1.54, 1.807) is 0 Å². The van der Waals surface area contributed by atoms with Gasteiger partial charge in [-0.05, 0) is 32.8 Å². The molecule has 0 aromatic carbocycles. The highest BCUT2D eigenvalue weighted by atomic mass is 16.3. The van der Waals surface area contributed by atoms with Gasteiger partial charge in [-0.25, -0.2) is 4.98 Å². The molecule has 3 heteroatoms. The molecule has 0 bridgehead atoms. The molecule has 3 nitrogen and oxygen atoms in total. The van der Waals surface area contributed by atoms with Crippen molar-refractivity contribution in [3.63, 3.8) is 0 Å². The molecule has 0 amide bonds. The molecular weight excluding hydrogens is 212 g/mol. The topological polar surface area (TPSA) is 36.4 Å². The van der Waals surface area contributed by atoms with Crippen molar-refractivity contribution in [1.82, 2.24) is 4.98 Å². The van der Waals surface area contributed by atoms with Crippen LogP contribution in [0.2, 0.25) is 0 Å². The minimum Gasteiger partial charge on any atom is -0.389 e. The van der Waals surface area contributed by atoms with Gasteiger partial charge in [0, 0.05) is 24.3 Å². The Morgan fingerprint density at radius 1 is 1.41 bits per heavy atom. The van der Waals surface area contributed by atoms with Crippen LogP contribution in [0.5, 0.6) is 0 Å². The summed E-state index contributed by atoms with van der Waals surface area (Å²) in [6.07, 6.45) is 6.41. The van der Waals surface area contributed by atoms with Crippen molar-refractivity contribution in [1.29, 1.82) is 0 Å². The van der Waals surface area contributed by atoms with Gasteiger partial charge in [-0.3, -0.25) is 0 Å². The van der Waals surface area contributed by atoms with Crippen molar-refractivity contribution < 1.29 is 5.11 Å². The molecule has 94 valence electrons. The molecule has 2 rings (SSSR count). The zero-order valence-electron chi connectivity index (χ0n) is 10.8. The maximum atomic E-state index is 9.83. The first-order valence-corrected chi connectivity index (χ1v) is 6.60. The number of rotatable bonds is 2. The Balaban J connectivity index is 2.30. The van der Waals surface area contributed by atoms with Crippen molar-refractivity contribution in [2.75, 3.05) is 11.4 Å². The molecular formula is C14H22N2O. The van der Waals surface area contributed by atoms with Crippen molar-refractivity contribution in [2.45, 2.75) is 51.7 Å². The molecule has 1 N–H and O–H groups in total. The van der Waals surface area contributed by atoms with Crippen LogP contribution in [-0.2, 0) is 0 Å². The molecule has 1 aromatic rings.